The molecule has 122 valence electrons. The Morgan fingerprint density at radius 3 is 3.04 bits per heavy atom. The van der Waals surface area contributed by atoms with Gasteiger partial charge in [-0.05, 0) is 37.1 Å². The van der Waals surface area contributed by atoms with Gasteiger partial charge in [-0.3, -0.25) is 9.78 Å². The Balaban J connectivity index is 1.47. The van der Waals surface area contributed by atoms with E-state index in [1.54, 1.807) is 30.7 Å². The minimum atomic E-state index is -0.159. The summed E-state index contributed by atoms with van der Waals surface area (Å²) < 4.78 is 2.10. The van der Waals surface area contributed by atoms with Crippen molar-refractivity contribution in [3.63, 3.8) is 0 Å². The van der Waals surface area contributed by atoms with E-state index in [9.17, 15) is 4.79 Å². The quantitative estimate of drug-likeness (QED) is 0.774. The highest BCUT2D eigenvalue weighted by molar-refractivity contribution is 6.36. The zero-order valence-electron chi connectivity index (χ0n) is 12.9. The number of pyridine rings is 1. The maximum atomic E-state index is 12.5. The smallest absolute Gasteiger partial charge is 0.253 e. The lowest BCUT2D eigenvalue weighted by molar-refractivity contribution is 0.0955. The molecule has 0 spiro atoms. The number of hydrogen-bond acceptors (Lipinski definition) is 4. The van der Waals surface area contributed by atoms with Crippen molar-refractivity contribution in [2.75, 3.05) is 6.54 Å². The molecule has 1 amide bonds. The molecule has 1 fully saturated rings. The molecule has 0 saturated heterocycles. The van der Waals surface area contributed by atoms with E-state index in [0.717, 1.165) is 11.2 Å². The number of benzene rings is 1. The van der Waals surface area contributed by atoms with Gasteiger partial charge in [0.1, 0.15) is 12.2 Å². The van der Waals surface area contributed by atoms with Crippen LogP contribution in [0.4, 0.5) is 0 Å². The lowest BCUT2D eigenvalue weighted by Crippen LogP contribution is -2.26. The van der Waals surface area contributed by atoms with Crippen LogP contribution in [0.25, 0.3) is 10.9 Å². The summed E-state index contributed by atoms with van der Waals surface area (Å²) >= 11 is 6.17. The molecule has 6 nitrogen and oxygen atoms in total. The first-order valence-electron chi connectivity index (χ1n) is 7.94. The molecule has 2 heterocycles. The highest BCUT2D eigenvalue weighted by Gasteiger charge is 2.25. The SMILES string of the molecule is O=C(NCCc1nncn1C1CC1)c1ccc(Cl)c2cccnc12. The number of nitrogens with zero attached hydrogens (tertiary/aromatic N) is 4. The van der Waals surface area contributed by atoms with Gasteiger partial charge in [-0.25, -0.2) is 0 Å². The Hall–Kier alpha value is -2.47. The highest BCUT2D eigenvalue weighted by atomic mass is 35.5. The first kappa shape index (κ1) is 15.1. The van der Waals surface area contributed by atoms with Crippen LogP contribution in [0.15, 0.2) is 36.8 Å². The molecular weight excluding hydrogens is 326 g/mol. The van der Waals surface area contributed by atoms with Crippen LogP contribution in [-0.4, -0.2) is 32.2 Å². The summed E-state index contributed by atoms with van der Waals surface area (Å²) in [5, 5.41) is 12.4. The van der Waals surface area contributed by atoms with Crippen molar-refractivity contribution >= 4 is 28.4 Å². The third kappa shape index (κ3) is 2.85. The van der Waals surface area contributed by atoms with Crippen molar-refractivity contribution in [2.24, 2.45) is 0 Å². The van der Waals surface area contributed by atoms with Gasteiger partial charge >= 0.3 is 0 Å². The molecule has 1 aliphatic carbocycles. The molecule has 0 unspecified atom stereocenters. The van der Waals surface area contributed by atoms with Crippen LogP contribution in [0.3, 0.4) is 0 Å². The predicted molar refractivity (Wildman–Crippen MR) is 91.1 cm³/mol. The molecule has 1 N–H and O–H groups in total. The average Bonchev–Trinajstić information content (AvgIpc) is 3.34. The molecule has 4 rings (SSSR count). The van der Waals surface area contributed by atoms with Gasteiger partial charge in [0.2, 0.25) is 0 Å². The van der Waals surface area contributed by atoms with Gasteiger partial charge in [0.15, 0.2) is 0 Å². The zero-order chi connectivity index (χ0) is 16.5. The normalized spacial score (nSPS) is 14.0. The summed E-state index contributed by atoms with van der Waals surface area (Å²) in [5.74, 6) is 0.754. The fourth-order valence-electron chi connectivity index (χ4n) is 2.81. The largest absolute Gasteiger partial charge is 0.352 e. The van der Waals surface area contributed by atoms with Crippen LogP contribution < -0.4 is 5.32 Å². The third-order valence-corrected chi connectivity index (χ3v) is 4.51. The summed E-state index contributed by atoms with van der Waals surface area (Å²) in [5.41, 5.74) is 1.14. The number of hydrogen-bond donors (Lipinski definition) is 1. The van der Waals surface area contributed by atoms with E-state index in [2.05, 4.69) is 25.1 Å². The molecule has 7 heteroatoms. The van der Waals surface area contributed by atoms with Gasteiger partial charge in [-0.2, -0.15) is 0 Å². The van der Waals surface area contributed by atoms with Crippen LogP contribution in [0, 0.1) is 0 Å². The molecular formula is C17H16ClN5O. The van der Waals surface area contributed by atoms with Gasteiger partial charge in [0.25, 0.3) is 5.91 Å². The van der Waals surface area contributed by atoms with E-state index in [1.165, 1.54) is 12.8 Å². The molecule has 0 aliphatic heterocycles. The van der Waals surface area contributed by atoms with Gasteiger partial charge in [0, 0.05) is 30.6 Å². The number of rotatable bonds is 5. The predicted octanol–water partition coefficient (Wildman–Crippen LogP) is 2.79. The fourth-order valence-corrected chi connectivity index (χ4v) is 3.02. The molecule has 3 aromatic rings. The molecule has 24 heavy (non-hydrogen) atoms. The topological polar surface area (TPSA) is 72.7 Å². The van der Waals surface area contributed by atoms with Gasteiger partial charge < -0.3 is 9.88 Å². The third-order valence-electron chi connectivity index (χ3n) is 4.18. The second kappa shape index (κ2) is 6.20. The summed E-state index contributed by atoms with van der Waals surface area (Å²) in [7, 11) is 0. The van der Waals surface area contributed by atoms with E-state index < -0.39 is 0 Å². The Kier molecular flexibility index (Phi) is 3.90. The maximum Gasteiger partial charge on any atom is 0.253 e. The van der Waals surface area contributed by atoms with E-state index >= 15 is 0 Å². The maximum absolute atomic E-state index is 12.5. The fraction of sp³-hybridized carbons (Fsp3) is 0.294. The van der Waals surface area contributed by atoms with E-state index in [0.29, 0.717) is 35.1 Å². The molecule has 1 aromatic carbocycles. The number of halogens is 1. The summed E-state index contributed by atoms with van der Waals surface area (Å²) in [6.07, 6.45) is 6.44. The lowest BCUT2D eigenvalue weighted by Gasteiger charge is -2.09. The van der Waals surface area contributed by atoms with E-state index in [1.807, 2.05) is 6.07 Å². The van der Waals surface area contributed by atoms with Crippen LogP contribution in [0.1, 0.15) is 35.1 Å². The lowest BCUT2D eigenvalue weighted by atomic mass is 10.1. The Bertz CT molecular complexity index is 903. The van der Waals surface area contributed by atoms with Crippen LogP contribution >= 0.6 is 11.6 Å². The summed E-state index contributed by atoms with van der Waals surface area (Å²) in [6.45, 7) is 0.501. The monoisotopic (exact) mass is 341 g/mol. The molecule has 1 aliphatic rings. The van der Waals surface area contributed by atoms with E-state index in [-0.39, 0.29) is 5.91 Å². The first-order valence-corrected chi connectivity index (χ1v) is 8.31. The van der Waals surface area contributed by atoms with Crippen molar-refractivity contribution in [3.8, 4) is 0 Å². The number of carbonyl (C=O) groups is 1. The van der Waals surface area contributed by atoms with Crippen LogP contribution in [-0.2, 0) is 6.42 Å². The van der Waals surface area contributed by atoms with Gasteiger partial charge in [-0.1, -0.05) is 11.6 Å². The molecule has 1 saturated carbocycles. The van der Waals surface area contributed by atoms with Crippen LogP contribution in [0.2, 0.25) is 5.02 Å². The second-order valence-corrected chi connectivity index (χ2v) is 6.29. The number of fused-ring (bicyclic) bond motifs is 1. The molecule has 0 radical (unpaired) electrons. The zero-order valence-corrected chi connectivity index (χ0v) is 13.7. The van der Waals surface area contributed by atoms with Crippen molar-refractivity contribution < 1.29 is 4.79 Å². The highest BCUT2D eigenvalue weighted by Crippen LogP contribution is 2.35. The summed E-state index contributed by atoms with van der Waals surface area (Å²) in [6, 6.07) is 7.64. The number of amides is 1. The number of nitrogens with one attached hydrogen (secondary N) is 1. The van der Waals surface area contributed by atoms with Crippen molar-refractivity contribution in [1.29, 1.82) is 0 Å². The van der Waals surface area contributed by atoms with Crippen molar-refractivity contribution in [2.45, 2.75) is 25.3 Å². The standard InChI is InChI=1S/C17H16ClN5O/c18-14-6-5-13(16-12(14)2-1-8-19-16)17(24)20-9-7-15-22-21-10-23(15)11-3-4-11/h1-2,5-6,8,10-11H,3-4,7,9H2,(H,20,24). The first-order chi connectivity index (χ1) is 11.7. The number of aromatic nitrogens is 4. The van der Waals surface area contributed by atoms with Crippen molar-refractivity contribution in [1.82, 2.24) is 25.1 Å². The Morgan fingerprint density at radius 1 is 1.33 bits per heavy atom. The Labute approximate surface area is 143 Å². The second-order valence-electron chi connectivity index (χ2n) is 5.89. The van der Waals surface area contributed by atoms with Crippen LogP contribution in [0.5, 0.6) is 0 Å². The minimum Gasteiger partial charge on any atom is -0.352 e. The van der Waals surface area contributed by atoms with Crippen molar-refractivity contribution in [3.05, 3.63) is 53.2 Å². The Morgan fingerprint density at radius 2 is 2.21 bits per heavy atom. The number of carbonyl (C=O) groups excluding carboxylic acids is 1. The van der Waals surface area contributed by atoms with Gasteiger partial charge in [0.05, 0.1) is 16.1 Å². The molecule has 0 atom stereocenters. The van der Waals surface area contributed by atoms with E-state index in [4.69, 9.17) is 11.6 Å². The summed E-state index contributed by atoms with van der Waals surface area (Å²) in [4.78, 5) is 16.8. The van der Waals surface area contributed by atoms with Gasteiger partial charge in [-0.15, -0.1) is 10.2 Å². The average molecular weight is 342 g/mol. The minimum absolute atomic E-state index is 0.159. The molecule has 0 bridgehead atoms. The molecule has 2 aromatic heterocycles.